The van der Waals surface area contributed by atoms with Gasteiger partial charge in [0, 0.05) is 6.61 Å². The molecule has 0 radical (unpaired) electrons. The van der Waals surface area contributed by atoms with Crippen molar-refractivity contribution in [3.8, 4) is 0 Å². The Morgan fingerprint density at radius 3 is 2.47 bits per heavy atom. The summed E-state index contributed by atoms with van der Waals surface area (Å²) in [5, 5.41) is 0. The molecule has 0 fully saturated rings. The zero-order valence-electron chi connectivity index (χ0n) is 9.22. The molecule has 0 amide bonds. The summed E-state index contributed by atoms with van der Waals surface area (Å²) in [6, 6.07) is 2.02. The summed E-state index contributed by atoms with van der Waals surface area (Å²) in [5.74, 6) is -1.32. The van der Waals surface area contributed by atoms with Crippen LogP contribution < -0.4 is 5.73 Å². The Kier molecular flexibility index (Phi) is 4.47. The number of hydrogen-bond donors (Lipinski definition) is 1. The maximum atomic E-state index is 13.2. The molecule has 2 N–H and O–H groups in total. The lowest BCUT2D eigenvalue weighted by atomic mass is 10.1. The van der Waals surface area contributed by atoms with Gasteiger partial charge in [-0.15, -0.1) is 0 Å². The fraction of sp³-hybridized carbons (Fsp3) is 0.455. The Balaban J connectivity index is 2.89. The zero-order valence-corrected chi connectivity index (χ0v) is 9.22. The first-order valence-corrected chi connectivity index (χ1v) is 5.06. The zero-order chi connectivity index (χ0) is 13.1. The predicted octanol–water partition coefficient (Wildman–Crippen LogP) is 2.88. The van der Waals surface area contributed by atoms with E-state index in [0.29, 0.717) is 12.7 Å². The summed E-state index contributed by atoms with van der Waals surface area (Å²) in [6.07, 6.45) is -4.69. The van der Waals surface area contributed by atoms with E-state index in [9.17, 15) is 17.6 Å². The smallest absolute Gasteiger partial charge is 0.380 e. The molecule has 0 bridgehead atoms. The molecule has 1 atom stereocenters. The van der Waals surface area contributed by atoms with Gasteiger partial charge < -0.3 is 10.5 Å². The van der Waals surface area contributed by atoms with Crippen LogP contribution in [0.2, 0.25) is 0 Å². The molecule has 1 aromatic rings. The van der Waals surface area contributed by atoms with Gasteiger partial charge in [0.2, 0.25) is 0 Å². The van der Waals surface area contributed by atoms with Crippen molar-refractivity contribution in [3.63, 3.8) is 0 Å². The van der Waals surface area contributed by atoms with Gasteiger partial charge in [-0.2, -0.15) is 13.2 Å². The summed E-state index contributed by atoms with van der Waals surface area (Å²) < 4.78 is 55.1. The maximum absolute atomic E-state index is 13.2. The van der Waals surface area contributed by atoms with E-state index in [1.807, 2.05) is 0 Å². The minimum atomic E-state index is -4.69. The van der Waals surface area contributed by atoms with E-state index in [0.717, 1.165) is 12.1 Å². The van der Waals surface area contributed by atoms with Crippen molar-refractivity contribution in [2.24, 2.45) is 5.73 Å². The molecule has 0 heterocycles. The van der Waals surface area contributed by atoms with Gasteiger partial charge in [-0.1, -0.05) is 6.07 Å². The number of benzene rings is 1. The van der Waals surface area contributed by atoms with E-state index >= 15 is 0 Å². The second-order valence-corrected chi connectivity index (χ2v) is 3.50. The Labute approximate surface area is 96.4 Å². The topological polar surface area (TPSA) is 35.2 Å². The van der Waals surface area contributed by atoms with E-state index in [-0.39, 0.29) is 12.2 Å². The van der Waals surface area contributed by atoms with Crippen molar-refractivity contribution in [2.45, 2.75) is 19.1 Å². The van der Waals surface area contributed by atoms with E-state index in [1.165, 1.54) is 0 Å². The lowest BCUT2D eigenvalue weighted by molar-refractivity contribution is -0.140. The average molecular weight is 251 g/mol. The highest BCUT2D eigenvalue weighted by molar-refractivity contribution is 5.28. The largest absolute Gasteiger partial charge is 0.419 e. The van der Waals surface area contributed by atoms with E-state index in [2.05, 4.69) is 0 Å². The lowest BCUT2D eigenvalue weighted by Gasteiger charge is -2.14. The fourth-order valence-electron chi connectivity index (χ4n) is 1.33. The van der Waals surface area contributed by atoms with Crippen molar-refractivity contribution in [3.05, 3.63) is 35.1 Å². The molecule has 0 aromatic heterocycles. The summed E-state index contributed by atoms with van der Waals surface area (Å²) in [7, 11) is 0. The molecule has 2 nitrogen and oxygen atoms in total. The number of hydrogen-bond acceptors (Lipinski definition) is 2. The SMILES string of the molecule is CCOCC(N)c1ccc(C(F)(F)F)c(F)c1. The quantitative estimate of drug-likeness (QED) is 0.835. The molecular weight excluding hydrogens is 238 g/mol. The number of nitrogens with two attached hydrogens (primary N) is 1. The van der Waals surface area contributed by atoms with Crippen LogP contribution >= 0.6 is 0 Å². The lowest BCUT2D eigenvalue weighted by Crippen LogP contribution is -2.18. The number of rotatable bonds is 4. The van der Waals surface area contributed by atoms with Gasteiger partial charge in [0.15, 0.2) is 0 Å². The standard InChI is InChI=1S/C11H13F4NO/c1-2-17-6-10(16)7-3-4-8(9(12)5-7)11(13,14)15/h3-5,10H,2,6,16H2,1H3. The Bertz CT molecular complexity index is 378. The average Bonchev–Trinajstić information content (AvgIpc) is 2.23. The van der Waals surface area contributed by atoms with Crippen LogP contribution in [-0.4, -0.2) is 13.2 Å². The summed E-state index contributed by atoms with van der Waals surface area (Å²) in [5.41, 5.74) is 4.63. The monoisotopic (exact) mass is 251 g/mol. The molecule has 1 rings (SSSR count). The van der Waals surface area contributed by atoms with Crippen LogP contribution in [-0.2, 0) is 10.9 Å². The second kappa shape index (κ2) is 5.46. The van der Waals surface area contributed by atoms with Crippen molar-refractivity contribution >= 4 is 0 Å². The molecule has 1 aromatic carbocycles. The Morgan fingerprint density at radius 2 is 2.00 bits per heavy atom. The molecule has 0 aliphatic heterocycles. The number of alkyl halides is 3. The molecule has 0 aliphatic rings. The molecule has 0 spiro atoms. The highest BCUT2D eigenvalue weighted by Crippen LogP contribution is 2.32. The van der Waals surface area contributed by atoms with Crippen LogP contribution in [0.1, 0.15) is 24.1 Å². The Hall–Kier alpha value is -1.14. The molecular formula is C11H13F4NO. The molecule has 0 aliphatic carbocycles. The molecule has 0 saturated heterocycles. The molecule has 0 saturated carbocycles. The first kappa shape index (κ1) is 13.9. The first-order chi connectivity index (χ1) is 7.86. The van der Waals surface area contributed by atoms with Gasteiger partial charge >= 0.3 is 6.18 Å². The highest BCUT2D eigenvalue weighted by Gasteiger charge is 2.34. The van der Waals surface area contributed by atoms with E-state index in [1.54, 1.807) is 6.92 Å². The third-order valence-corrected chi connectivity index (χ3v) is 2.23. The third kappa shape index (κ3) is 3.67. The third-order valence-electron chi connectivity index (χ3n) is 2.23. The van der Waals surface area contributed by atoms with Gasteiger partial charge in [-0.3, -0.25) is 0 Å². The van der Waals surface area contributed by atoms with Crippen LogP contribution in [0.25, 0.3) is 0 Å². The number of halogens is 4. The van der Waals surface area contributed by atoms with Gasteiger partial charge in [0.1, 0.15) is 5.82 Å². The van der Waals surface area contributed by atoms with Crippen molar-refractivity contribution in [1.29, 1.82) is 0 Å². The van der Waals surface area contributed by atoms with Crippen molar-refractivity contribution in [2.75, 3.05) is 13.2 Å². The maximum Gasteiger partial charge on any atom is 0.419 e. The van der Waals surface area contributed by atoms with Crippen LogP contribution in [0, 0.1) is 5.82 Å². The van der Waals surface area contributed by atoms with E-state index in [4.69, 9.17) is 10.5 Å². The van der Waals surface area contributed by atoms with Crippen molar-refractivity contribution < 1.29 is 22.3 Å². The summed E-state index contributed by atoms with van der Waals surface area (Å²) in [6.45, 7) is 2.35. The number of ether oxygens (including phenoxy) is 1. The van der Waals surface area contributed by atoms with Gasteiger partial charge in [-0.25, -0.2) is 4.39 Å². The van der Waals surface area contributed by atoms with Crippen LogP contribution in [0.5, 0.6) is 0 Å². The minimum absolute atomic E-state index is 0.140. The predicted molar refractivity (Wildman–Crippen MR) is 54.8 cm³/mol. The summed E-state index contributed by atoms with van der Waals surface area (Å²) in [4.78, 5) is 0. The van der Waals surface area contributed by atoms with Crippen LogP contribution in [0.4, 0.5) is 17.6 Å². The van der Waals surface area contributed by atoms with Crippen molar-refractivity contribution in [1.82, 2.24) is 0 Å². The fourth-order valence-corrected chi connectivity index (χ4v) is 1.33. The molecule has 1 unspecified atom stereocenters. The first-order valence-electron chi connectivity index (χ1n) is 5.06. The second-order valence-electron chi connectivity index (χ2n) is 3.50. The van der Waals surface area contributed by atoms with Gasteiger partial charge in [-0.05, 0) is 24.6 Å². The molecule has 6 heteroatoms. The highest BCUT2D eigenvalue weighted by atomic mass is 19.4. The minimum Gasteiger partial charge on any atom is -0.380 e. The van der Waals surface area contributed by atoms with Gasteiger partial charge in [0.25, 0.3) is 0 Å². The Morgan fingerprint density at radius 1 is 1.35 bits per heavy atom. The van der Waals surface area contributed by atoms with Crippen LogP contribution in [0.3, 0.4) is 0 Å². The summed E-state index contributed by atoms with van der Waals surface area (Å²) >= 11 is 0. The van der Waals surface area contributed by atoms with Gasteiger partial charge in [0.05, 0.1) is 18.2 Å². The normalized spacial score (nSPS) is 13.8. The molecule has 17 heavy (non-hydrogen) atoms. The van der Waals surface area contributed by atoms with Crippen LogP contribution in [0.15, 0.2) is 18.2 Å². The van der Waals surface area contributed by atoms with E-state index < -0.39 is 23.6 Å². The molecule has 96 valence electrons.